The molecule has 0 aliphatic rings. The maximum Gasteiger partial charge on any atom is 0.356 e. The molecule has 2 rings (SSSR count). The average Bonchev–Trinajstić information content (AvgIpc) is 2.74. The SMILES string of the molecule is CC(C)n1nnc(-c2ccccc2)c1C(=O)O. The van der Waals surface area contributed by atoms with Gasteiger partial charge in [0.05, 0.1) is 0 Å². The Morgan fingerprint density at radius 3 is 2.47 bits per heavy atom. The first-order valence-electron chi connectivity index (χ1n) is 5.35. The van der Waals surface area contributed by atoms with Crippen LogP contribution in [0.4, 0.5) is 0 Å². The second-order valence-electron chi connectivity index (χ2n) is 4.00. The summed E-state index contributed by atoms with van der Waals surface area (Å²) >= 11 is 0. The number of aromatic nitrogens is 3. The molecule has 1 aromatic carbocycles. The van der Waals surface area contributed by atoms with Crippen molar-refractivity contribution in [2.24, 2.45) is 0 Å². The fourth-order valence-corrected chi connectivity index (χ4v) is 1.64. The van der Waals surface area contributed by atoms with Crippen molar-refractivity contribution in [2.45, 2.75) is 19.9 Å². The van der Waals surface area contributed by atoms with Crippen molar-refractivity contribution in [3.05, 3.63) is 36.0 Å². The molecule has 0 atom stereocenters. The lowest BCUT2D eigenvalue weighted by Crippen LogP contribution is -2.12. The van der Waals surface area contributed by atoms with Gasteiger partial charge in [-0.15, -0.1) is 5.10 Å². The molecule has 1 aromatic heterocycles. The van der Waals surface area contributed by atoms with Crippen LogP contribution < -0.4 is 0 Å². The number of hydrogen-bond acceptors (Lipinski definition) is 3. The van der Waals surface area contributed by atoms with Gasteiger partial charge in [0.25, 0.3) is 0 Å². The van der Waals surface area contributed by atoms with Crippen LogP contribution in [0.1, 0.15) is 30.4 Å². The Morgan fingerprint density at radius 2 is 1.94 bits per heavy atom. The summed E-state index contributed by atoms with van der Waals surface area (Å²) in [5.74, 6) is -1.01. The molecule has 0 aliphatic carbocycles. The van der Waals surface area contributed by atoms with E-state index in [0.29, 0.717) is 5.69 Å². The van der Waals surface area contributed by atoms with E-state index in [-0.39, 0.29) is 11.7 Å². The zero-order chi connectivity index (χ0) is 12.4. The number of nitrogens with zero attached hydrogens (tertiary/aromatic N) is 3. The van der Waals surface area contributed by atoms with Crippen molar-refractivity contribution in [3.8, 4) is 11.3 Å². The third kappa shape index (κ3) is 2.04. The predicted octanol–water partition coefficient (Wildman–Crippen LogP) is 2.22. The highest BCUT2D eigenvalue weighted by Gasteiger charge is 2.21. The van der Waals surface area contributed by atoms with Crippen molar-refractivity contribution in [1.29, 1.82) is 0 Å². The highest BCUT2D eigenvalue weighted by molar-refractivity contribution is 5.92. The maximum atomic E-state index is 11.3. The molecule has 2 aromatic rings. The predicted molar refractivity (Wildman–Crippen MR) is 62.8 cm³/mol. The number of carboxylic acid groups (broad SMARTS) is 1. The van der Waals surface area contributed by atoms with Crippen LogP contribution in [0, 0.1) is 0 Å². The molecule has 0 fully saturated rings. The van der Waals surface area contributed by atoms with Crippen LogP contribution in [0.3, 0.4) is 0 Å². The minimum absolute atomic E-state index is 0.0361. The first-order chi connectivity index (χ1) is 8.11. The average molecular weight is 231 g/mol. The molecule has 0 aliphatic heterocycles. The van der Waals surface area contributed by atoms with Crippen LogP contribution in [0.15, 0.2) is 30.3 Å². The summed E-state index contributed by atoms with van der Waals surface area (Å²) < 4.78 is 1.42. The summed E-state index contributed by atoms with van der Waals surface area (Å²) in [6.07, 6.45) is 0. The second kappa shape index (κ2) is 4.37. The van der Waals surface area contributed by atoms with Gasteiger partial charge in [-0.2, -0.15) is 0 Å². The molecule has 0 spiro atoms. The minimum Gasteiger partial charge on any atom is -0.476 e. The summed E-state index contributed by atoms with van der Waals surface area (Å²) in [7, 11) is 0. The Hall–Kier alpha value is -2.17. The Bertz CT molecular complexity index is 532. The Balaban J connectivity index is 2.60. The number of benzene rings is 1. The molecule has 17 heavy (non-hydrogen) atoms. The first kappa shape index (κ1) is 11.3. The maximum absolute atomic E-state index is 11.3. The standard InChI is InChI=1S/C12H13N3O2/c1-8(2)15-11(12(16)17)10(13-14-15)9-6-4-3-5-7-9/h3-8H,1-2H3,(H,16,17). The summed E-state index contributed by atoms with van der Waals surface area (Å²) in [5.41, 5.74) is 1.30. The van der Waals surface area contributed by atoms with Gasteiger partial charge in [-0.25, -0.2) is 9.48 Å². The number of carbonyl (C=O) groups is 1. The van der Waals surface area contributed by atoms with E-state index in [2.05, 4.69) is 10.3 Å². The molecule has 0 amide bonds. The molecular weight excluding hydrogens is 218 g/mol. The lowest BCUT2D eigenvalue weighted by Gasteiger charge is -2.07. The molecule has 5 heteroatoms. The van der Waals surface area contributed by atoms with E-state index >= 15 is 0 Å². The van der Waals surface area contributed by atoms with Crippen molar-refractivity contribution in [2.75, 3.05) is 0 Å². The van der Waals surface area contributed by atoms with Crippen molar-refractivity contribution >= 4 is 5.97 Å². The van der Waals surface area contributed by atoms with E-state index in [4.69, 9.17) is 0 Å². The lowest BCUT2D eigenvalue weighted by molar-refractivity contribution is 0.0682. The van der Waals surface area contributed by atoms with Crippen molar-refractivity contribution < 1.29 is 9.90 Å². The van der Waals surface area contributed by atoms with Crippen LogP contribution >= 0.6 is 0 Å². The smallest absolute Gasteiger partial charge is 0.356 e. The summed E-state index contributed by atoms with van der Waals surface area (Å²) in [6.45, 7) is 3.74. The fraction of sp³-hybridized carbons (Fsp3) is 0.250. The molecule has 0 saturated carbocycles. The highest BCUT2D eigenvalue weighted by Crippen LogP contribution is 2.22. The zero-order valence-corrected chi connectivity index (χ0v) is 9.66. The van der Waals surface area contributed by atoms with Gasteiger partial charge in [0.1, 0.15) is 5.69 Å². The molecular formula is C12H13N3O2. The Labute approximate surface area is 98.7 Å². The van der Waals surface area contributed by atoms with Crippen LogP contribution in [0.5, 0.6) is 0 Å². The molecule has 5 nitrogen and oxygen atoms in total. The largest absolute Gasteiger partial charge is 0.476 e. The van der Waals surface area contributed by atoms with E-state index in [0.717, 1.165) is 5.56 Å². The van der Waals surface area contributed by atoms with Gasteiger partial charge < -0.3 is 5.11 Å². The summed E-state index contributed by atoms with van der Waals surface area (Å²) in [4.78, 5) is 11.3. The van der Waals surface area contributed by atoms with Crippen molar-refractivity contribution in [1.82, 2.24) is 15.0 Å². The molecule has 0 unspecified atom stereocenters. The van der Waals surface area contributed by atoms with Gasteiger partial charge in [-0.05, 0) is 13.8 Å². The van der Waals surface area contributed by atoms with E-state index in [1.165, 1.54) is 4.68 Å². The van der Waals surface area contributed by atoms with Crippen molar-refractivity contribution in [3.63, 3.8) is 0 Å². The lowest BCUT2D eigenvalue weighted by atomic mass is 10.1. The zero-order valence-electron chi connectivity index (χ0n) is 9.66. The molecule has 0 saturated heterocycles. The Kier molecular flexibility index (Phi) is 2.91. The monoisotopic (exact) mass is 231 g/mol. The van der Waals surface area contributed by atoms with Gasteiger partial charge in [0.2, 0.25) is 0 Å². The number of aromatic carboxylic acids is 1. The van der Waals surface area contributed by atoms with E-state index in [1.54, 1.807) is 0 Å². The minimum atomic E-state index is -1.01. The first-order valence-corrected chi connectivity index (χ1v) is 5.35. The number of hydrogen-bond donors (Lipinski definition) is 1. The molecule has 1 N–H and O–H groups in total. The highest BCUT2D eigenvalue weighted by atomic mass is 16.4. The third-order valence-corrected chi connectivity index (χ3v) is 2.43. The topological polar surface area (TPSA) is 68.0 Å². The molecule has 0 radical (unpaired) electrons. The summed E-state index contributed by atoms with van der Waals surface area (Å²) in [6, 6.07) is 9.16. The van der Waals surface area contributed by atoms with E-state index in [9.17, 15) is 9.90 Å². The van der Waals surface area contributed by atoms with E-state index in [1.807, 2.05) is 44.2 Å². The second-order valence-corrected chi connectivity index (χ2v) is 4.00. The van der Waals surface area contributed by atoms with Gasteiger partial charge >= 0.3 is 5.97 Å². The quantitative estimate of drug-likeness (QED) is 0.879. The van der Waals surface area contributed by atoms with Crippen LogP contribution in [0.2, 0.25) is 0 Å². The molecule has 1 heterocycles. The normalized spacial score (nSPS) is 10.8. The molecule has 88 valence electrons. The van der Waals surface area contributed by atoms with Crippen LogP contribution in [-0.4, -0.2) is 26.1 Å². The van der Waals surface area contributed by atoms with Crippen LogP contribution in [0.25, 0.3) is 11.3 Å². The summed E-state index contributed by atoms with van der Waals surface area (Å²) in [5, 5.41) is 17.1. The van der Waals surface area contributed by atoms with Gasteiger partial charge in [-0.1, -0.05) is 35.5 Å². The van der Waals surface area contributed by atoms with Gasteiger partial charge in [0, 0.05) is 11.6 Å². The van der Waals surface area contributed by atoms with E-state index < -0.39 is 5.97 Å². The third-order valence-electron chi connectivity index (χ3n) is 2.43. The number of carboxylic acids is 1. The Morgan fingerprint density at radius 1 is 1.29 bits per heavy atom. The number of rotatable bonds is 3. The van der Waals surface area contributed by atoms with Gasteiger partial charge in [0.15, 0.2) is 5.69 Å². The van der Waals surface area contributed by atoms with Crippen LogP contribution in [-0.2, 0) is 0 Å². The molecule has 0 bridgehead atoms. The fourth-order valence-electron chi connectivity index (χ4n) is 1.64. The van der Waals surface area contributed by atoms with Gasteiger partial charge in [-0.3, -0.25) is 0 Å².